The molecule has 2 amide bonds. The summed E-state index contributed by atoms with van der Waals surface area (Å²) in [6.45, 7) is 0. The molecule has 140 valence electrons. The van der Waals surface area contributed by atoms with E-state index in [0.717, 1.165) is 5.75 Å². The summed E-state index contributed by atoms with van der Waals surface area (Å²) in [5.41, 5.74) is 6.33. The van der Waals surface area contributed by atoms with Crippen molar-refractivity contribution in [2.45, 2.75) is 31.0 Å². The molecule has 3 atom stereocenters. The van der Waals surface area contributed by atoms with Crippen molar-refractivity contribution >= 4 is 42.2 Å². The molecule has 0 saturated heterocycles. The highest BCUT2D eigenvalue weighted by atomic mass is 32.2. The lowest BCUT2D eigenvalue weighted by molar-refractivity contribution is -0.142. The Morgan fingerprint density at radius 3 is 2.56 bits per heavy atom. The van der Waals surface area contributed by atoms with Crippen LogP contribution >= 0.6 is 24.4 Å². The van der Waals surface area contributed by atoms with Crippen LogP contribution in [0.4, 0.5) is 0 Å². The van der Waals surface area contributed by atoms with Crippen molar-refractivity contribution in [3.63, 3.8) is 0 Å². The Bertz CT molecular complexity index is 570. The second kappa shape index (κ2) is 11.0. The van der Waals surface area contributed by atoms with Gasteiger partial charge in [0.15, 0.2) is 0 Å². The number of H-pyrrole nitrogens is 1. The fourth-order valence-corrected chi connectivity index (χ4v) is 2.68. The van der Waals surface area contributed by atoms with Crippen molar-refractivity contribution in [3.8, 4) is 0 Å². The Labute approximate surface area is 155 Å². The van der Waals surface area contributed by atoms with Crippen LogP contribution in [0.25, 0.3) is 0 Å². The van der Waals surface area contributed by atoms with Gasteiger partial charge in [0.1, 0.15) is 12.1 Å². The van der Waals surface area contributed by atoms with Crippen molar-refractivity contribution < 1.29 is 19.5 Å². The highest BCUT2D eigenvalue weighted by Crippen LogP contribution is 2.02. The molecule has 0 spiro atoms. The third-order valence-corrected chi connectivity index (χ3v) is 4.39. The molecule has 0 aliphatic rings. The van der Waals surface area contributed by atoms with Crippen molar-refractivity contribution in [2.75, 3.05) is 17.8 Å². The number of rotatable bonds is 11. The first kappa shape index (κ1) is 21.3. The third kappa shape index (κ3) is 7.36. The molecule has 1 aromatic heterocycles. The number of carbonyl (C=O) groups is 3. The maximum absolute atomic E-state index is 12.3. The molecular weight excluding hydrogens is 366 g/mol. The quantitative estimate of drug-likeness (QED) is 0.266. The standard InChI is InChI=1S/C14H23N5O4S2/c1-25-3-2-9(15)12(20)19-11(6-24)13(21)18-10(14(22)23)4-8-5-16-7-17-8/h5,7,9-11,24H,2-4,6,15H2,1H3,(H,16,17)(H,18,21)(H,19,20)(H,22,23). The molecule has 0 bridgehead atoms. The van der Waals surface area contributed by atoms with E-state index in [4.69, 9.17) is 5.73 Å². The second-order valence-corrected chi connectivity index (χ2v) is 6.66. The number of imidazole rings is 1. The predicted octanol–water partition coefficient (Wildman–Crippen LogP) is -0.983. The van der Waals surface area contributed by atoms with E-state index in [1.165, 1.54) is 12.5 Å². The number of aromatic amines is 1. The topological polar surface area (TPSA) is 150 Å². The number of nitrogens with zero attached hydrogens (tertiary/aromatic N) is 1. The number of nitrogens with one attached hydrogen (secondary N) is 3. The average molecular weight is 390 g/mol. The highest BCUT2D eigenvalue weighted by molar-refractivity contribution is 7.98. The Morgan fingerprint density at radius 2 is 2.04 bits per heavy atom. The van der Waals surface area contributed by atoms with Gasteiger partial charge in [0, 0.05) is 24.1 Å². The smallest absolute Gasteiger partial charge is 0.326 e. The first-order valence-corrected chi connectivity index (χ1v) is 9.57. The van der Waals surface area contributed by atoms with Gasteiger partial charge < -0.3 is 26.5 Å². The van der Waals surface area contributed by atoms with Crippen LogP contribution in [0.2, 0.25) is 0 Å². The van der Waals surface area contributed by atoms with Crippen LogP contribution in [0.5, 0.6) is 0 Å². The van der Waals surface area contributed by atoms with Crippen molar-refractivity contribution in [3.05, 3.63) is 18.2 Å². The summed E-state index contributed by atoms with van der Waals surface area (Å²) >= 11 is 5.61. The van der Waals surface area contributed by atoms with Crippen molar-refractivity contribution in [2.24, 2.45) is 5.73 Å². The van der Waals surface area contributed by atoms with Crippen LogP contribution in [-0.2, 0) is 20.8 Å². The number of amides is 2. The lowest BCUT2D eigenvalue weighted by Gasteiger charge is -2.21. The van der Waals surface area contributed by atoms with Gasteiger partial charge in [-0.2, -0.15) is 24.4 Å². The largest absolute Gasteiger partial charge is 0.480 e. The number of aliphatic carboxylic acids is 1. The fourth-order valence-electron chi connectivity index (χ4n) is 1.94. The third-order valence-electron chi connectivity index (χ3n) is 3.38. The Balaban J connectivity index is 2.63. The van der Waals surface area contributed by atoms with E-state index in [0.29, 0.717) is 12.1 Å². The molecule has 11 heteroatoms. The van der Waals surface area contributed by atoms with E-state index >= 15 is 0 Å². The van der Waals surface area contributed by atoms with Gasteiger partial charge in [-0.15, -0.1) is 0 Å². The summed E-state index contributed by atoms with van der Waals surface area (Å²) in [6.07, 6.45) is 5.32. The zero-order valence-electron chi connectivity index (χ0n) is 13.8. The van der Waals surface area contributed by atoms with Crippen LogP contribution in [0.3, 0.4) is 0 Å². The molecule has 3 unspecified atom stereocenters. The van der Waals surface area contributed by atoms with E-state index < -0.39 is 35.9 Å². The van der Waals surface area contributed by atoms with Crippen molar-refractivity contribution in [1.29, 1.82) is 0 Å². The number of thiol groups is 1. The molecule has 0 saturated carbocycles. The van der Waals surface area contributed by atoms with E-state index in [2.05, 4.69) is 33.2 Å². The first-order valence-electron chi connectivity index (χ1n) is 7.55. The zero-order chi connectivity index (χ0) is 18.8. The summed E-state index contributed by atoms with van der Waals surface area (Å²) in [5.74, 6) is -1.55. The number of hydrogen-bond donors (Lipinski definition) is 6. The Hall–Kier alpha value is -1.72. The Kier molecular flexibility index (Phi) is 9.39. The highest BCUT2D eigenvalue weighted by Gasteiger charge is 2.27. The van der Waals surface area contributed by atoms with Gasteiger partial charge in [0.05, 0.1) is 12.4 Å². The van der Waals surface area contributed by atoms with Crippen LogP contribution in [-0.4, -0.2) is 68.7 Å². The van der Waals surface area contributed by atoms with E-state index in [1.807, 2.05) is 6.26 Å². The van der Waals surface area contributed by atoms with Gasteiger partial charge in [0.25, 0.3) is 0 Å². The van der Waals surface area contributed by atoms with Gasteiger partial charge in [-0.05, 0) is 18.4 Å². The lowest BCUT2D eigenvalue weighted by Crippen LogP contribution is -2.55. The first-order chi connectivity index (χ1) is 11.9. The van der Waals surface area contributed by atoms with Gasteiger partial charge in [-0.3, -0.25) is 9.59 Å². The minimum atomic E-state index is -1.19. The maximum Gasteiger partial charge on any atom is 0.326 e. The number of carboxylic acids is 1. The number of carbonyl (C=O) groups excluding carboxylic acids is 2. The van der Waals surface area contributed by atoms with E-state index in [-0.39, 0.29) is 12.2 Å². The van der Waals surface area contributed by atoms with Crippen LogP contribution in [0.15, 0.2) is 12.5 Å². The van der Waals surface area contributed by atoms with E-state index in [9.17, 15) is 19.5 Å². The lowest BCUT2D eigenvalue weighted by atomic mass is 10.1. The number of thioether (sulfide) groups is 1. The number of nitrogens with two attached hydrogens (primary N) is 1. The molecule has 1 aromatic rings. The van der Waals surface area contributed by atoms with Gasteiger partial charge in [-0.25, -0.2) is 9.78 Å². The van der Waals surface area contributed by atoms with Crippen molar-refractivity contribution in [1.82, 2.24) is 20.6 Å². The molecule has 1 rings (SSSR count). The average Bonchev–Trinajstić information content (AvgIpc) is 3.09. The van der Waals surface area contributed by atoms with Crippen LogP contribution in [0.1, 0.15) is 12.1 Å². The summed E-state index contributed by atoms with van der Waals surface area (Å²) in [4.78, 5) is 42.2. The molecular formula is C14H23N5O4S2. The molecule has 6 N–H and O–H groups in total. The minimum Gasteiger partial charge on any atom is -0.480 e. The van der Waals surface area contributed by atoms with E-state index in [1.54, 1.807) is 11.8 Å². The molecule has 1 heterocycles. The van der Waals surface area contributed by atoms with Crippen LogP contribution < -0.4 is 16.4 Å². The monoisotopic (exact) mass is 389 g/mol. The zero-order valence-corrected chi connectivity index (χ0v) is 15.5. The summed E-state index contributed by atoms with van der Waals surface area (Å²) in [7, 11) is 0. The van der Waals surface area contributed by atoms with Gasteiger partial charge in [-0.1, -0.05) is 0 Å². The fraction of sp³-hybridized carbons (Fsp3) is 0.571. The summed E-state index contributed by atoms with van der Waals surface area (Å²) in [6, 6.07) is -2.86. The summed E-state index contributed by atoms with van der Waals surface area (Å²) < 4.78 is 0. The van der Waals surface area contributed by atoms with Gasteiger partial charge >= 0.3 is 5.97 Å². The maximum atomic E-state index is 12.3. The molecule has 0 fully saturated rings. The SMILES string of the molecule is CSCCC(N)C(=O)NC(CS)C(=O)NC(Cc1cnc[nH]1)C(=O)O. The van der Waals surface area contributed by atoms with Gasteiger partial charge in [0.2, 0.25) is 11.8 Å². The number of hydrogen-bond acceptors (Lipinski definition) is 7. The summed E-state index contributed by atoms with van der Waals surface area (Å²) in [5, 5.41) is 14.2. The number of aromatic nitrogens is 2. The molecule has 0 aliphatic heterocycles. The van der Waals surface area contributed by atoms with Crippen LogP contribution in [0, 0.1) is 0 Å². The number of carboxylic acid groups (broad SMARTS) is 1. The minimum absolute atomic E-state index is 0.0171. The molecule has 0 aliphatic carbocycles. The molecule has 0 aromatic carbocycles. The molecule has 25 heavy (non-hydrogen) atoms. The second-order valence-electron chi connectivity index (χ2n) is 5.31. The predicted molar refractivity (Wildman–Crippen MR) is 98.6 cm³/mol. The Morgan fingerprint density at radius 1 is 1.36 bits per heavy atom. The molecule has 9 nitrogen and oxygen atoms in total. The normalized spacial score (nSPS) is 14.4. The molecule has 0 radical (unpaired) electrons.